The van der Waals surface area contributed by atoms with E-state index in [1.165, 1.54) is 0 Å². The average molecular weight is 621 g/mol. The van der Waals surface area contributed by atoms with Crippen LogP contribution in [-0.2, 0) is 29.2 Å². The molecule has 218 valence electrons. The fourth-order valence-electron chi connectivity index (χ4n) is 8.70. The zero-order chi connectivity index (χ0) is 28.1. The van der Waals surface area contributed by atoms with E-state index in [2.05, 4.69) is 44.0 Å². The Balaban J connectivity index is 0.00000280. The molecule has 0 radical (unpaired) electrons. The van der Waals surface area contributed by atoms with E-state index < -0.39 is 33.0 Å². The van der Waals surface area contributed by atoms with Crippen LogP contribution in [0.15, 0.2) is 23.8 Å². The van der Waals surface area contributed by atoms with Crippen LogP contribution in [0.4, 0.5) is 0 Å². The Hall–Kier alpha value is 1.18. The Morgan fingerprint density at radius 3 is 2.30 bits per heavy atom. The molecule has 9 nitrogen and oxygen atoms in total. The number of allylic oxidation sites excluding steroid dienone is 2. The molecule has 0 saturated heterocycles. The van der Waals surface area contributed by atoms with Gasteiger partial charge in [0.05, 0.1) is 6.61 Å². The third-order valence-corrected chi connectivity index (χ3v) is 11.3. The molecule has 13 heteroatoms. The molecule has 4 rings (SSSR count). The number of aliphatic hydroxyl groups is 1. The van der Waals surface area contributed by atoms with Crippen LogP contribution in [0.1, 0.15) is 79.1 Å². The van der Waals surface area contributed by atoms with Gasteiger partial charge in [-0.3, -0.25) is 8.37 Å². The fourth-order valence-corrected chi connectivity index (χ4v) is 9.52. The number of rotatable bonds is 9. The molecule has 0 bridgehead atoms. The van der Waals surface area contributed by atoms with Crippen LogP contribution in [-0.4, -0.2) is 49.9 Å². The number of hydrogen-bond donors (Lipinski definition) is 1. The van der Waals surface area contributed by atoms with Crippen molar-refractivity contribution in [2.75, 3.05) is 6.61 Å². The minimum atomic E-state index is -4.91. The molecule has 9 atom stereocenters. The number of fused-ring (bicyclic) bond motifs is 5. The van der Waals surface area contributed by atoms with E-state index in [0.29, 0.717) is 36.5 Å². The summed E-state index contributed by atoms with van der Waals surface area (Å²) in [4.78, 5) is 0. The van der Waals surface area contributed by atoms with Gasteiger partial charge in [-0.05, 0) is 97.4 Å². The van der Waals surface area contributed by atoms with Crippen molar-refractivity contribution in [1.82, 2.24) is 0 Å². The molecule has 0 spiro atoms. The molecule has 3 saturated carbocycles. The van der Waals surface area contributed by atoms with E-state index in [4.69, 9.17) is 4.18 Å². The van der Waals surface area contributed by atoms with Gasteiger partial charge in [-0.15, -0.1) is 0 Å². The molecular formula is C27H42Na2O9S2. The second kappa shape index (κ2) is 14.1. The predicted octanol–water partition coefficient (Wildman–Crippen LogP) is -1.92. The minimum Gasteiger partial charge on any atom is -0.726 e. The average Bonchev–Trinajstić information content (AvgIpc) is 3.14. The monoisotopic (exact) mass is 620 g/mol. The van der Waals surface area contributed by atoms with Crippen LogP contribution < -0.4 is 59.1 Å². The molecular weight excluding hydrogens is 578 g/mol. The smallest absolute Gasteiger partial charge is 0.726 e. The normalized spacial score (nSPS) is 38.5. The molecule has 4 aliphatic rings. The number of hydrogen-bond acceptors (Lipinski definition) is 9. The Labute approximate surface area is 284 Å². The summed E-state index contributed by atoms with van der Waals surface area (Å²) < 4.78 is 76.9. The third-order valence-electron chi connectivity index (χ3n) is 10.4. The van der Waals surface area contributed by atoms with Gasteiger partial charge in [0.15, 0.2) is 0 Å². The fraction of sp³-hybridized carbons (Fsp3) is 0.852. The molecule has 1 N–H and O–H groups in total. The Kier molecular flexibility index (Phi) is 13.2. The van der Waals surface area contributed by atoms with E-state index >= 15 is 0 Å². The molecule has 40 heavy (non-hydrogen) atoms. The maximum Gasteiger partial charge on any atom is 1.00 e. The van der Waals surface area contributed by atoms with Gasteiger partial charge < -0.3 is 14.2 Å². The van der Waals surface area contributed by atoms with Gasteiger partial charge >= 0.3 is 59.1 Å². The first kappa shape index (κ1) is 37.4. The van der Waals surface area contributed by atoms with Crippen molar-refractivity contribution in [3.05, 3.63) is 23.8 Å². The Bertz CT molecular complexity index is 1160. The Morgan fingerprint density at radius 2 is 1.70 bits per heavy atom. The molecule has 0 aliphatic heterocycles. The van der Waals surface area contributed by atoms with Crippen molar-refractivity contribution in [3.63, 3.8) is 0 Å². The maximum atomic E-state index is 11.3. The summed E-state index contributed by atoms with van der Waals surface area (Å²) in [7, 11) is -9.69. The first-order valence-electron chi connectivity index (χ1n) is 13.8. The van der Waals surface area contributed by atoms with Crippen molar-refractivity contribution in [2.24, 2.45) is 46.3 Å². The molecule has 0 heterocycles. The molecule has 3 unspecified atom stereocenters. The van der Waals surface area contributed by atoms with Crippen LogP contribution in [0.25, 0.3) is 0 Å². The Morgan fingerprint density at radius 1 is 1.02 bits per heavy atom. The second-order valence-corrected chi connectivity index (χ2v) is 14.9. The standard InChI is InChI=1S/C27H44O9S2.2Na/c1-17(2)6-5-7-18(16-35-37(29,30)31)20-10-11-21-19-8-9-23-25(28)24(36-38(32,33)34)13-15-27(23,4)22(19)12-14-26(20,21)3;;/h5,7,9,17-22,24-25,28H,6,8,10-16H2,1-4H3,(H,29,30,31)(H,32,33,34);;/q;2*+1/p-2/b7-5+;;/t18-,19?,20+,21?,22?,24+,25+,26+,27+;;/m0../s1. The van der Waals surface area contributed by atoms with Gasteiger partial charge in [0.25, 0.3) is 0 Å². The first-order valence-corrected chi connectivity index (χ1v) is 16.5. The van der Waals surface area contributed by atoms with Crippen LogP contribution in [0.3, 0.4) is 0 Å². The third kappa shape index (κ3) is 8.06. The molecule has 3 fully saturated rings. The summed E-state index contributed by atoms with van der Waals surface area (Å²) in [6.07, 6.45) is 10.4. The van der Waals surface area contributed by atoms with Crippen molar-refractivity contribution < 1.29 is 98.5 Å². The van der Waals surface area contributed by atoms with Crippen LogP contribution in [0, 0.1) is 46.3 Å². The van der Waals surface area contributed by atoms with Crippen LogP contribution >= 0.6 is 0 Å². The van der Waals surface area contributed by atoms with Crippen molar-refractivity contribution >= 4 is 20.8 Å². The second-order valence-electron chi connectivity index (χ2n) is 12.9. The predicted molar refractivity (Wildman–Crippen MR) is 139 cm³/mol. The molecule has 4 aliphatic carbocycles. The van der Waals surface area contributed by atoms with Gasteiger partial charge in [-0.25, -0.2) is 16.8 Å². The van der Waals surface area contributed by atoms with Crippen molar-refractivity contribution in [1.29, 1.82) is 0 Å². The summed E-state index contributed by atoms with van der Waals surface area (Å²) in [5, 5.41) is 11.0. The summed E-state index contributed by atoms with van der Waals surface area (Å²) in [6, 6.07) is 0. The molecule has 0 amide bonds. The van der Waals surface area contributed by atoms with E-state index in [1.807, 2.05) is 6.08 Å². The molecule has 0 aromatic rings. The van der Waals surface area contributed by atoms with Gasteiger partial charge in [-0.1, -0.05) is 45.9 Å². The van der Waals surface area contributed by atoms with Crippen LogP contribution in [0.5, 0.6) is 0 Å². The van der Waals surface area contributed by atoms with E-state index in [-0.39, 0.29) is 88.4 Å². The van der Waals surface area contributed by atoms with Gasteiger partial charge in [0.1, 0.15) is 12.2 Å². The molecule has 0 aromatic heterocycles. The largest absolute Gasteiger partial charge is 1.00 e. The van der Waals surface area contributed by atoms with Crippen molar-refractivity contribution in [3.8, 4) is 0 Å². The van der Waals surface area contributed by atoms with E-state index in [0.717, 1.165) is 44.1 Å². The van der Waals surface area contributed by atoms with Gasteiger partial charge in [-0.2, -0.15) is 0 Å². The van der Waals surface area contributed by atoms with E-state index in [9.17, 15) is 31.0 Å². The summed E-state index contributed by atoms with van der Waals surface area (Å²) in [5.74, 6) is 1.58. The minimum absolute atomic E-state index is 0. The molecule has 0 aromatic carbocycles. The van der Waals surface area contributed by atoms with Gasteiger partial charge in [0.2, 0.25) is 20.8 Å². The van der Waals surface area contributed by atoms with Crippen LogP contribution in [0.2, 0.25) is 0 Å². The summed E-state index contributed by atoms with van der Waals surface area (Å²) >= 11 is 0. The zero-order valence-electron chi connectivity index (χ0n) is 24.7. The SMILES string of the molecule is CC(C)C/C=C/[C@@H](COS(=O)(=O)[O-])[C@H]1CCC2C3CC=C4[C@@H](O)[C@H](OS(=O)(=O)[O-])CC[C@]4(C)C3CC[C@@]21C.[Na+].[Na+]. The quantitative estimate of drug-likeness (QED) is 0.135. The topological polar surface area (TPSA) is 153 Å². The maximum absolute atomic E-state index is 11.3. The first-order chi connectivity index (χ1) is 17.6. The van der Waals surface area contributed by atoms with Crippen molar-refractivity contribution in [2.45, 2.75) is 91.3 Å². The summed E-state index contributed by atoms with van der Waals surface area (Å²) in [6.45, 7) is 8.56. The van der Waals surface area contributed by atoms with Gasteiger partial charge in [0, 0.05) is 5.92 Å². The zero-order valence-corrected chi connectivity index (χ0v) is 30.4. The summed E-state index contributed by atoms with van der Waals surface area (Å²) in [5.41, 5.74) is 0.451. The number of aliphatic hydroxyl groups excluding tert-OH is 1. The van der Waals surface area contributed by atoms with E-state index in [1.54, 1.807) is 0 Å².